The first-order valence-electron chi connectivity index (χ1n) is 11.4. The number of rotatable bonds is 8. The summed E-state index contributed by atoms with van der Waals surface area (Å²) in [5.41, 5.74) is 2.15. The van der Waals surface area contributed by atoms with Crippen LogP contribution in [-0.4, -0.2) is 54.7 Å². The molecular formula is C26H29NO6. The number of hydrogen-bond acceptors (Lipinski definition) is 6. The van der Waals surface area contributed by atoms with Crippen LogP contribution < -0.4 is 4.74 Å². The molecular weight excluding hydrogens is 422 g/mol. The van der Waals surface area contributed by atoms with Crippen LogP contribution in [0, 0.1) is 6.92 Å². The fourth-order valence-electron chi connectivity index (χ4n) is 4.47. The number of hydrogen-bond donors (Lipinski definition) is 0. The van der Waals surface area contributed by atoms with Gasteiger partial charge in [0.2, 0.25) is 5.78 Å². The number of aryl methyl sites for hydroxylation is 1. The number of nitrogens with zero attached hydrogens (tertiary/aromatic N) is 1. The van der Waals surface area contributed by atoms with Gasteiger partial charge in [0.25, 0.3) is 5.91 Å². The summed E-state index contributed by atoms with van der Waals surface area (Å²) in [6, 6.07) is 14.1. The first-order valence-corrected chi connectivity index (χ1v) is 11.4. The molecule has 1 heterocycles. The zero-order chi connectivity index (χ0) is 23.4. The largest absolute Gasteiger partial charge is 0.496 e. The van der Waals surface area contributed by atoms with Crippen molar-refractivity contribution in [1.29, 1.82) is 0 Å². The van der Waals surface area contributed by atoms with Gasteiger partial charge in [0.15, 0.2) is 6.10 Å². The van der Waals surface area contributed by atoms with Gasteiger partial charge in [-0.25, -0.2) is 9.69 Å². The van der Waals surface area contributed by atoms with Crippen LogP contribution in [0.25, 0.3) is 0 Å². The first kappa shape index (κ1) is 23.0. The molecule has 174 valence electrons. The lowest BCUT2D eigenvalue weighted by Crippen LogP contribution is -2.50. The van der Waals surface area contributed by atoms with E-state index < -0.39 is 29.9 Å². The van der Waals surface area contributed by atoms with Crippen LogP contribution in [0.1, 0.15) is 47.2 Å². The molecule has 2 atom stereocenters. The highest BCUT2D eigenvalue weighted by Crippen LogP contribution is 2.27. The topological polar surface area (TPSA) is 82.1 Å². The van der Waals surface area contributed by atoms with Crippen LogP contribution in [0.2, 0.25) is 0 Å². The van der Waals surface area contributed by atoms with Crippen molar-refractivity contribution in [3.05, 3.63) is 65.2 Å². The Morgan fingerprint density at radius 3 is 2.55 bits per heavy atom. The summed E-state index contributed by atoms with van der Waals surface area (Å²) in [6.45, 7) is 1.96. The number of ether oxygens (including phenoxy) is 3. The van der Waals surface area contributed by atoms with Crippen LogP contribution in [0.4, 0.5) is 4.79 Å². The predicted octanol–water partition coefficient (Wildman–Crippen LogP) is 4.10. The normalized spacial score (nSPS) is 19.4. The second kappa shape index (κ2) is 10.2. The smallest absolute Gasteiger partial charge is 0.417 e. The summed E-state index contributed by atoms with van der Waals surface area (Å²) in [7, 11) is 1.53. The van der Waals surface area contributed by atoms with Gasteiger partial charge in [0, 0.05) is 5.56 Å². The van der Waals surface area contributed by atoms with E-state index in [1.807, 2.05) is 37.3 Å². The molecule has 0 radical (unpaired) electrons. The maximum atomic E-state index is 13.6. The molecule has 1 saturated carbocycles. The van der Waals surface area contributed by atoms with Crippen LogP contribution in [0.5, 0.6) is 5.75 Å². The van der Waals surface area contributed by atoms with Gasteiger partial charge in [-0.3, -0.25) is 9.59 Å². The van der Waals surface area contributed by atoms with Crippen molar-refractivity contribution in [3.8, 4) is 5.75 Å². The van der Waals surface area contributed by atoms with Crippen LogP contribution in [0.3, 0.4) is 0 Å². The van der Waals surface area contributed by atoms with E-state index in [4.69, 9.17) is 14.2 Å². The summed E-state index contributed by atoms with van der Waals surface area (Å²) in [4.78, 5) is 40.8. The van der Waals surface area contributed by atoms with Crippen molar-refractivity contribution >= 4 is 17.8 Å². The molecule has 7 heteroatoms. The number of methoxy groups -OCH3 is 1. The minimum atomic E-state index is -1.41. The molecule has 1 aliphatic carbocycles. The number of cyclic esters (lactones) is 1. The quantitative estimate of drug-likeness (QED) is 0.444. The Morgan fingerprint density at radius 2 is 1.85 bits per heavy atom. The van der Waals surface area contributed by atoms with Crippen molar-refractivity contribution in [3.63, 3.8) is 0 Å². The second-order valence-corrected chi connectivity index (χ2v) is 8.60. The molecule has 2 aliphatic rings. The Bertz CT molecular complexity index is 1010. The summed E-state index contributed by atoms with van der Waals surface area (Å²) in [5, 5.41) is 0. The number of carbonyl (C=O) groups excluding carboxylic acids is 3. The van der Waals surface area contributed by atoms with Gasteiger partial charge in [0.05, 0.1) is 19.3 Å². The van der Waals surface area contributed by atoms with Crippen molar-refractivity contribution in [2.24, 2.45) is 0 Å². The Kier molecular flexibility index (Phi) is 7.08. The predicted molar refractivity (Wildman–Crippen MR) is 121 cm³/mol. The maximum absolute atomic E-state index is 13.6. The lowest BCUT2D eigenvalue weighted by atomic mass is 10.0. The summed E-state index contributed by atoms with van der Waals surface area (Å²) < 4.78 is 16.6. The summed E-state index contributed by atoms with van der Waals surface area (Å²) in [6.07, 6.45) is 1.64. The molecule has 7 nitrogen and oxygen atoms in total. The minimum Gasteiger partial charge on any atom is -0.496 e. The molecule has 1 saturated heterocycles. The lowest BCUT2D eigenvalue weighted by Gasteiger charge is -2.26. The Morgan fingerprint density at radius 1 is 1.12 bits per heavy atom. The zero-order valence-corrected chi connectivity index (χ0v) is 19.0. The van der Waals surface area contributed by atoms with E-state index in [-0.39, 0.29) is 12.7 Å². The SMILES string of the molecule is COc1cc(C(=O)C(OC2CCCC2)C(=O)N2C(=O)OCC2Cc2ccccc2)ccc1C. The third kappa shape index (κ3) is 5.09. The fraction of sp³-hybridized carbons (Fsp3) is 0.423. The van der Waals surface area contributed by atoms with E-state index in [1.54, 1.807) is 18.2 Å². The van der Waals surface area contributed by atoms with Crippen molar-refractivity contribution in [2.75, 3.05) is 13.7 Å². The van der Waals surface area contributed by atoms with Crippen molar-refractivity contribution in [2.45, 2.75) is 57.3 Å². The highest BCUT2D eigenvalue weighted by atomic mass is 16.6. The molecule has 2 aromatic rings. The van der Waals surface area contributed by atoms with Crippen LogP contribution in [0.15, 0.2) is 48.5 Å². The number of carbonyl (C=O) groups is 3. The fourth-order valence-corrected chi connectivity index (χ4v) is 4.47. The standard InChI is InChI=1S/C26H29NO6/c1-17-12-13-19(15-22(17)31-2)23(28)24(33-21-10-6-7-11-21)25(29)27-20(16-32-26(27)30)14-18-8-4-3-5-9-18/h3-5,8-9,12-13,15,20-21,24H,6-7,10-11,14,16H2,1-2H3. The van der Waals surface area contributed by atoms with E-state index in [0.717, 1.165) is 41.7 Å². The average molecular weight is 452 g/mol. The first-order chi connectivity index (χ1) is 16.0. The second-order valence-electron chi connectivity index (χ2n) is 8.60. The number of ketones is 1. The molecule has 2 fully saturated rings. The molecule has 1 aliphatic heterocycles. The molecule has 0 aromatic heterocycles. The lowest BCUT2D eigenvalue weighted by molar-refractivity contribution is -0.141. The number of amides is 2. The number of imide groups is 1. The van der Waals surface area contributed by atoms with Gasteiger partial charge in [-0.05, 0) is 43.4 Å². The van der Waals surface area contributed by atoms with Gasteiger partial charge in [-0.2, -0.15) is 0 Å². The van der Waals surface area contributed by atoms with Gasteiger partial charge < -0.3 is 14.2 Å². The molecule has 0 bridgehead atoms. The summed E-state index contributed by atoms with van der Waals surface area (Å²) >= 11 is 0. The van der Waals surface area contributed by atoms with E-state index in [2.05, 4.69) is 0 Å². The Hall–Kier alpha value is -3.19. The van der Waals surface area contributed by atoms with Crippen LogP contribution >= 0.6 is 0 Å². The van der Waals surface area contributed by atoms with Gasteiger partial charge in [0.1, 0.15) is 12.4 Å². The molecule has 0 N–H and O–H groups in total. The molecule has 2 amide bonds. The highest BCUT2D eigenvalue weighted by molar-refractivity contribution is 6.15. The Balaban J connectivity index is 1.62. The average Bonchev–Trinajstić information content (AvgIpc) is 3.47. The van der Waals surface area contributed by atoms with Crippen molar-refractivity contribution in [1.82, 2.24) is 4.90 Å². The molecule has 33 heavy (non-hydrogen) atoms. The maximum Gasteiger partial charge on any atom is 0.417 e. The minimum absolute atomic E-state index is 0.0855. The zero-order valence-electron chi connectivity index (χ0n) is 19.0. The van der Waals surface area contributed by atoms with E-state index in [0.29, 0.717) is 17.7 Å². The Labute approximate surface area is 193 Å². The number of Topliss-reactive ketones (excluding diaryl/α,β-unsaturated/α-hetero) is 1. The molecule has 0 spiro atoms. The van der Waals surface area contributed by atoms with Gasteiger partial charge >= 0.3 is 6.09 Å². The molecule has 2 aromatic carbocycles. The molecule has 4 rings (SSSR count). The third-order valence-corrected chi connectivity index (χ3v) is 6.30. The van der Waals surface area contributed by atoms with Crippen LogP contribution in [-0.2, 0) is 20.7 Å². The van der Waals surface area contributed by atoms with E-state index >= 15 is 0 Å². The monoisotopic (exact) mass is 451 g/mol. The summed E-state index contributed by atoms with van der Waals surface area (Å²) in [5.74, 6) is -0.603. The van der Waals surface area contributed by atoms with Gasteiger partial charge in [-0.1, -0.05) is 55.3 Å². The molecule has 2 unspecified atom stereocenters. The van der Waals surface area contributed by atoms with Crippen molar-refractivity contribution < 1.29 is 28.6 Å². The third-order valence-electron chi connectivity index (χ3n) is 6.30. The number of benzene rings is 2. The highest BCUT2D eigenvalue weighted by Gasteiger charge is 2.44. The van der Waals surface area contributed by atoms with E-state index in [9.17, 15) is 14.4 Å². The van der Waals surface area contributed by atoms with E-state index in [1.165, 1.54) is 7.11 Å². The van der Waals surface area contributed by atoms with Gasteiger partial charge in [-0.15, -0.1) is 0 Å².